The molecule has 1 rings (SSSR count). The first kappa shape index (κ1) is 14.8. The van der Waals surface area contributed by atoms with Gasteiger partial charge in [-0.2, -0.15) is 0 Å². The predicted octanol–water partition coefficient (Wildman–Crippen LogP) is 3.60. The fraction of sp³-hybridized carbons (Fsp3) is 0.500. The number of ketones is 1. The highest BCUT2D eigenvalue weighted by Gasteiger charge is 2.35. The first-order valence-corrected chi connectivity index (χ1v) is 5.88. The molecule has 0 heterocycles. The monoisotopic (exact) mass is 256 g/mol. The molecule has 0 N–H and O–H groups in total. The SMILES string of the molecule is CCOC(C(=O)c1c(F)cccc1F)C(C)(C)C. The maximum atomic E-state index is 13.6. The molecule has 4 heteroatoms. The van der Waals surface area contributed by atoms with Gasteiger partial charge in [-0.05, 0) is 24.5 Å². The van der Waals surface area contributed by atoms with Crippen molar-refractivity contribution in [2.75, 3.05) is 6.61 Å². The van der Waals surface area contributed by atoms with Gasteiger partial charge >= 0.3 is 0 Å². The third-order valence-corrected chi connectivity index (χ3v) is 2.57. The highest BCUT2D eigenvalue weighted by molar-refractivity contribution is 6.00. The van der Waals surface area contributed by atoms with Crippen LogP contribution in [-0.4, -0.2) is 18.5 Å². The van der Waals surface area contributed by atoms with E-state index >= 15 is 0 Å². The molecule has 1 atom stereocenters. The van der Waals surface area contributed by atoms with Gasteiger partial charge in [0.15, 0.2) is 5.78 Å². The summed E-state index contributed by atoms with van der Waals surface area (Å²) in [6, 6.07) is 3.37. The van der Waals surface area contributed by atoms with Crippen molar-refractivity contribution in [2.45, 2.75) is 33.8 Å². The maximum absolute atomic E-state index is 13.6. The van der Waals surface area contributed by atoms with Crippen molar-refractivity contribution in [1.29, 1.82) is 0 Å². The van der Waals surface area contributed by atoms with Crippen LogP contribution in [0.5, 0.6) is 0 Å². The highest BCUT2D eigenvalue weighted by Crippen LogP contribution is 2.27. The molecule has 1 unspecified atom stereocenters. The van der Waals surface area contributed by atoms with Crippen LogP contribution >= 0.6 is 0 Å². The first-order valence-electron chi connectivity index (χ1n) is 5.88. The summed E-state index contributed by atoms with van der Waals surface area (Å²) in [7, 11) is 0. The second-order valence-corrected chi connectivity index (χ2v) is 5.16. The Morgan fingerprint density at radius 3 is 2.17 bits per heavy atom. The summed E-state index contributed by atoms with van der Waals surface area (Å²) in [6.45, 7) is 7.44. The molecule has 0 aliphatic carbocycles. The lowest BCUT2D eigenvalue weighted by atomic mass is 9.84. The molecule has 18 heavy (non-hydrogen) atoms. The van der Waals surface area contributed by atoms with Crippen molar-refractivity contribution in [3.63, 3.8) is 0 Å². The molecule has 0 aliphatic rings. The number of rotatable bonds is 4. The van der Waals surface area contributed by atoms with Crippen LogP contribution < -0.4 is 0 Å². The normalized spacial score (nSPS) is 13.4. The van der Waals surface area contributed by atoms with E-state index in [1.54, 1.807) is 27.7 Å². The van der Waals surface area contributed by atoms with E-state index < -0.39 is 34.5 Å². The van der Waals surface area contributed by atoms with E-state index in [1.165, 1.54) is 6.07 Å². The zero-order valence-electron chi connectivity index (χ0n) is 11.1. The lowest BCUT2D eigenvalue weighted by Gasteiger charge is -2.29. The van der Waals surface area contributed by atoms with Gasteiger partial charge < -0.3 is 4.74 Å². The molecule has 0 fully saturated rings. The van der Waals surface area contributed by atoms with Gasteiger partial charge in [-0.3, -0.25) is 4.79 Å². The molecular formula is C14H18F2O2. The summed E-state index contributed by atoms with van der Waals surface area (Å²) in [4.78, 5) is 12.2. The summed E-state index contributed by atoms with van der Waals surface area (Å²) in [5.74, 6) is -2.36. The smallest absolute Gasteiger partial charge is 0.197 e. The Morgan fingerprint density at radius 1 is 1.28 bits per heavy atom. The number of halogens is 2. The topological polar surface area (TPSA) is 26.3 Å². The van der Waals surface area contributed by atoms with E-state index in [2.05, 4.69) is 0 Å². The minimum Gasteiger partial charge on any atom is -0.370 e. The van der Waals surface area contributed by atoms with Gasteiger partial charge in [0.25, 0.3) is 0 Å². The highest BCUT2D eigenvalue weighted by atomic mass is 19.1. The first-order chi connectivity index (χ1) is 8.29. The third-order valence-electron chi connectivity index (χ3n) is 2.57. The maximum Gasteiger partial charge on any atom is 0.197 e. The molecular weight excluding hydrogens is 238 g/mol. The minimum absolute atomic E-state index is 0.309. The van der Waals surface area contributed by atoms with Gasteiger partial charge in [-0.25, -0.2) is 8.78 Å². The molecule has 0 aliphatic heterocycles. The van der Waals surface area contributed by atoms with Gasteiger partial charge in [0.2, 0.25) is 0 Å². The molecule has 0 saturated heterocycles. The fourth-order valence-electron chi connectivity index (χ4n) is 1.75. The molecule has 2 nitrogen and oxygen atoms in total. The Labute approximate surface area is 106 Å². The van der Waals surface area contributed by atoms with Crippen LogP contribution in [0.2, 0.25) is 0 Å². The second kappa shape index (κ2) is 5.57. The van der Waals surface area contributed by atoms with E-state index in [0.29, 0.717) is 6.61 Å². The Hall–Kier alpha value is -1.29. The summed E-state index contributed by atoms with van der Waals surface area (Å²) in [6.07, 6.45) is -0.867. The van der Waals surface area contributed by atoms with Crippen molar-refractivity contribution < 1.29 is 18.3 Å². The molecule has 100 valence electrons. The van der Waals surface area contributed by atoms with Crippen LogP contribution in [0.1, 0.15) is 38.1 Å². The summed E-state index contributed by atoms with van der Waals surface area (Å²) in [5.41, 5.74) is -1.05. The van der Waals surface area contributed by atoms with Crippen LogP contribution in [0.3, 0.4) is 0 Å². The number of carbonyl (C=O) groups is 1. The number of Topliss-reactive ketones (excluding diaryl/α,β-unsaturated/α-hetero) is 1. The van der Waals surface area contributed by atoms with Crippen molar-refractivity contribution in [3.8, 4) is 0 Å². The molecule has 0 bridgehead atoms. The Balaban J connectivity index is 3.18. The lowest BCUT2D eigenvalue weighted by Crippen LogP contribution is -2.38. The second-order valence-electron chi connectivity index (χ2n) is 5.16. The van der Waals surface area contributed by atoms with E-state index in [-0.39, 0.29) is 0 Å². The summed E-state index contributed by atoms with van der Waals surface area (Å²) in [5, 5.41) is 0. The Morgan fingerprint density at radius 2 is 1.78 bits per heavy atom. The standard InChI is InChI=1S/C14H18F2O2/c1-5-18-13(14(2,3)4)12(17)11-9(15)7-6-8-10(11)16/h6-8,13H,5H2,1-4H3. The average molecular weight is 256 g/mol. The predicted molar refractivity (Wildman–Crippen MR) is 65.6 cm³/mol. The van der Waals surface area contributed by atoms with Gasteiger partial charge in [0, 0.05) is 6.61 Å². The van der Waals surface area contributed by atoms with Crippen LogP contribution in [-0.2, 0) is 4.74 Å². The number of ether oxygens (including phenoxy) is 1. The molecule has 1 aromatic carbocycles. The molecule has 0 spiro atoms. The van der Waals surface area contributed by atoms with Crippen LogP contribution in [0, 0.1) is 17.0 Å². The fourth-order valence-corrected chi connectivity index (χ4v) is 1.75. The number of benzene rings is 1. The quantitative estimate of drug-likeness (QED) is 0.769. The van der Waals surface area contributed by atoms with E-state index in [0.717, 1.165) is 12.1 Å². The number of carbonyl (C=O) groups excluding carboxylic acids is 1. The average Bonchev–Trinajstić information content (AvgIpc) is 2.23. The number of hydrogen-bond donors (Lipinski definition) is 0. The van der Waals surface area contributed by atoms with Crippen LogP contribution in [0.4, 0.5) is 8.78 Å². The lowest BCUT2D eigenvalue weighted by molar-refractivity contribution is -0.000765. The van der Waals surface area contributed by atoms with Gasteiger partial charge in [0.05, 0.1) is 5.56 Å². The van der Waals surface area contributed by atoms with Crippen molar-refractivity contribution in [3.05, 3.63) is 35.4 Å². The van der Waals surface area contributed by atoms with Crippen molar-refractivity contribution in [2.24, 2.45) is 5.41 Å². The number of hydrogen-bond acceptors (Lipinski definition) is 2. The van der Waals surface area contributed by atoms with E-state index in [1.807, 2.05) is 0 Å². The molecule has 0 amide bonds. The molecule has 0 aromatic heterocycles. The largest absolute Gasteiger partial charge is 0.370 e. The zero-order chi connectivity index (χ0) is 13.9. The third kappa shape index (κ3) is 3.13. The van der Waals surface area contributed by atoms with Crippen LogP contribution in [0.25, 0.3) is 0 Å². The zero-order valence-corrected chi connectivity index (χ0v) is 11.1. The minimum atomic E-state index is -0.867. The molecule has 0 saturated carbocycles. The van der Waals surface area contributed by atoms with Crippen LogP contribution in [0.15, 0.2) is 18.2 Å². The Bertz CT molecular complexity index is 416. The Kier molecular flexibility index (Phi) is 4.57. The molecule has 1 aromatic rings. The van der Waals surface area contributed by atoms with E-state index in [9.17, 15) is 13.6 Å². The van der Waals surface area contributed by atoms with E-state index in [4.69, 9.17) is 4.74 Å². The summed E-state index contributed by atoms with van der Waals surface area (Å²) < 4.78 is 32.5. The van der Waals surface area contributed by atoms with Crippen molar-refractivity contribution >= 4 is 5.78 Å². The summed E-state index contributed by atoms with van der Waals surface area (Å²) >= 11 is 0. The molecule has 0 radical (unpaired) electrons. The van der Waals surface area contributed by atoms with Crippen molar-refractivity contribution in [1.82, 2.24) is 0 Å². The van der Waals surface area contributed by atoms with Gasteiger partial charge in [-0.15, -0.1) is 0 Å². The van der Waals surface area contributed by atoms with Gasteiger partial charge in [-0.1, -0.05) is 26.8 Å². The van der Waals surface area contributed by atoms with Gasteiger partial charge in [0.1, 0.15) is 17.7 Å².